The Hall–Kier alpha value is -2.04. The van der Waals surface area contributed by atoms with Gasteiger partial charge in [0.1, 0.15) is 5.75 Å². The third-order valence-electron chi connectivity index (χ3n) is 4.79. The van der Waals surface area contributed by atoms with E-state index in [2.05, 4.69) is 0 Å². The van der Waals surface area contributed by atoms with Crippen molar-refractivity contribution in [2.24, 2.45) is 0 Å². The zero-order valence-electron chi connectivity index (χ0n) is 14.5. The van der Waals surface area contributed by atoms with Gasteiger partial charge < -0.3 is 14.7 Å². The van der Waals surface area contributed by atoms with Crippen molar-refractivity contribution in [3.05, 3.63) is 29.8 Å². The lowest BCUT2D eigenvalue weighted by molar-refractivity contribution is -0.140. The summed E-state index contributed by atoms with van der Waals surface area (Å²) in [6.45, 7) is 2.77. The number of rotatable bonds is 7. The summed E-state index contributed by atoms with van der Waals surface area (Å²) in [7, 11) is 1.64. The highest BCUT2D eigenvalue weighted by molar-refractivity contribution is 5.78. The second-order valence-electron chi connectivity index (χ2n) is 6.52. The molecule has 1 N–H and O–H groups in total. The monoisotopic (exact) mass is 333 g/mol. The molecule has 1 heterocycles. The van der Waals surface area contributed by atoms with Gasteiger partial charge in [0, 0.05) is 25.4 Å². The third kappa shape index (κ3) is 4.73. The second kappa shape index (κ2) is 8.71. The predicted molar refractivity (Wildman–Crippen MR) is 92.2 cm³/mol. The zero-order valence-corrected chi connectivity index (χ0v) is 14.5. The molecule has 1 aromatic carbocycles. The number of carbonyl (C=O) groups excluding carboxylic acids is 1. The number of piperidine rings is 1. The standard InChI is InChI=1S/C19H27NO4/c1-14(16-8-3-4-9-17(16)24-2)13-18(21)20-12-6-5-7-15(20)10-11-19(22)23/h3-4,8-9,14-15H,5-7,10-13H2,1-2H3,(H,22,23)/t14-,15-/m0/s1. The van der Waals surface area contributed by atoms with Crippen LogP contribution >= 0.6 is 0 Å². The number of amides is 1. The molecule has 5 heteroatoms. The molecule has 0 aliphatic carbocycles. The Labute approximate surface area is 143 Å². The largest absolute Gasteiger partial charge is 0.496 e. The SMILES string of the molecule is COc1ccccc1[C@@H](C)CC(=O)N1CCCC[C@H]1CCC(=O)O. The molecule has 0 bridgehead atoms. The van der Waals surface area contributed by atoms with Crippen LogP contribution in [0.25, 0.3) is 0 Å². The lowest BCUT2D eigenvalue weighted by Crippen LogP contribution is -2.44. The lowest BCUT2D eigenvalue weighted by Gasteiger charge is -2.36. The van der Waals surface area contributed by atoms with E-state index >= 15 is 0 Å². The fraction of sp³-hybridized carbons (Fsp3) is 0.579. The van der Waals surface area contributed by atoms with Crippen molar-refractivity contribution >= 4 is 11.9 Å². The highest BCUT2D eigenvalue weighted by atomic mass is 16.5. The molecule has 1 aromatic rings. The molecule has 0 aromatic heterocycles. The molecule has 0 saturated carbocycles. The van der Waals surface area contributed by atoms with Crippen molar-refractivity contribution in [2.45, 2.75) is 57.4 Å². The molecular weight excluding hydrogens is 306 g/mol. The zero-order chi connectivity index (χ0) is 17.5. The summed E-state index contributed by atoms with van der Waals surface area (Å²) in [5, 5.41) is 8.90. The van der Waals surface area contributed by atoms with Crippen LogP contribution in [0.5, 0.6) is 5.75 Å². The molecule has 0 unspecified atom stereocenters. The average Bonchev–Trinajstić information content (AvgIpc) is 2.59. The molecule has 0 radical (unpaired) electrons. The first-order valence-corrected chi connectivity index (χ1v) is 8.67. The van der Waals surface area contributed by atoms with Crippen LogP contribution in [0, 0.1) is 0 Å². The number of aliphatic carboxylic acids is 1. The highest BCUT2D eigenvalue weighted by Crippen LogP contribution is 2.30. The van der Waals surface area contributed by atoms with Crippen LogP contribution < -0.4 is 4.74 Å². The van der Waals surface area contributed by atoms with Gasteiger partial charge in [-0.25, -0.2) is 0 Å². The molecule has 1 aliphatic heterocycles. The third-order valence-corrected chi connectivity index (χ3v) is 4.79. The molecule has 132 valence electrons. The summed E-state index contributed by atoms with van der Waals surface area (Å²) in [5.74, 6) is 0.188. The van der Waals surface area contributed by atoms with E-state index in [4.69, 9.17) is 9.84 Å². The number of hydrogen-bond acceptors (Lipinski definition) is 3. The van der Waals surface area contributed by atoms with Gasteiger partial charge in [-0.3, -0.25) is 9.59 Å². The molecule has 0 spiro atoms. The van der Waals surface area contributed by atoms with E-state index in [9.17, 15) is 9.59 Å². The Morgan fingerprint density at radius 2 is 2.08 bits per heavy atom. The Morgan fingerprint density at radius 1 is 1.33 bits per heavy atom. The number of benzene rings is 1. The number of methoxy groups -OCH3 is 1. The Bertz CT molecular complexity index is 572. The van der Waals surface area contributed by atoms with E-state index in [0.717, 1.165) is 37.1 Å². The fourth-order valence-electron chi connectivity index (χ4n) is 3.48. The van der Waals surface area contributed by atoms with Crippen LogP contribution in [-0.2, 0) is 9.59 Å². The van der Waals surface area contributed by atoms with Gasteiger partial charge in [-0.05, 0) is 43.2 Å². The lowest BCUT2D eigenvalue weighted by atomic mass is 9.93. The van der Waals surface area contributed by atoms with E-state index in [0.29, 0.717) is 12.8 Å². The number of likely N-dealkylation sites (tertiary alicyclic amines) is 1. The molecule has 24 heavy (non-hydrogen) atoms. The summed E-state index contributed by atoms with van der Waals surface area (Å²) in [4.78, 5) is 25.5. The van der Waals surface area contributed by atoms with E-state index < -0.39 is 5.97 Å². The number of carbonyl (C=O) groups is 2. The molecular formula is C19H27NO4. The van der Waals surface area contributed by atoms with Gasteiger partial charge in [0.15, 0.2) is 0 Å². The summed E-state index contributed by atoms with van der Waals surface area (Å²) < 4.78 is 5.39. The first-order chi connectivity index (χ1) is 11.5. The molecule has 1 saturated heterocycles. The van der Waals surface area contributed by atoms with Crippen molar-refractivity contribution in [3.8, 4) is 5.75 Å². The normalized spacial score (nSPS) is 18.9. The van der Waals surface area contributed by atoms with Gasteiger partial charge in [0.2, 0.25) is 5.91 Å². The first kappa shape index (κ1) is 18.3. The van der Waals surface area contributed by atoms with Crippen molar-refractivity contribution in [2.75, 3.05) is 13.7 Å². The van der Waals surface area contributed by atoms with E-state index in [1.165, 1.54) is 0 Å². The summed E-state index contributed by atoms with van der Waals surface area (Å²) >= 11 is 0. The predicted octanol–water partition coefficient (Wildman–Crippen LogP) is 3.43. The van der Waals surface area contributed by atoms with E-state index in [-0.39, 0.29) is 24.3 Å². The number of carboxylic acid groups (broad SMARTS) is 1. The number of para-hydroxylation sites is 1. The molecule has 5 nitrogen and oxygen atoms in total. The molecule has 1 amide bonds. The average molecular weight is 333 g/mol. The fourth-order valence-corrected chi connectivity index (χ4v) is 3.48. The molecule has 2 rings (SSSR count). The molecule has 1 fully saturated rings. The highest BCUT2D eigenvalue weighted by Gasteiger charge is 2.28. The Morgan fingerprint density at radius 3 is 2.79 bits per heavy atom. The van der Waals surface area contributed by atoms with E-state index in [1.54, 1.807) is 7.11 Å². The number of ether oxygens (including phenoxy) is 1. The minimum atomic E-state index is -0.796. The van der Waals surface area contributed by atoms with Crippen LogP contribution in [0.2, 0.25) is 0 Å². The second-order valence-corrected chi connectivity index (χ2v) is 6.52. The van der Waals surface area contributed by atoms with Crippen LogP contribution in [0.1, 0.15) is 56.9 Å². The van der Waals surface area contributed by atoms with E-state index in [1.807, 2.05) is 36.1 Å². The summed E-state index contributed by atoms with van der Waals surface area (Å²) in [5.41, 5.74) is 1.03. The number of nitrogens with zero attached hydrogens (tertiary/aromatic N) is 1. The minimum Gasteiger partial charge on any atom is -0.496 e. The van der Waals surface area contributed by atoms with Gasteiger partial charge >= 0.3 is 5.97 Å². The van der Waals surface area contributed by atoms with Gasteiger partial charge in [0.25, 0.3) is 0 Å². The van der Waals surface area contributed by atoms with Gasteiger partial charge in [-0.15, -0.1) is 0 Å². The van der Waals surface area contributed by atoms with Crippen LogP contribution in [0.15, 0.2) is 24.3 Å². The van der Waals surface area contributed by atoms with Crippen LogP contribution in [-0.4, -0.2) is 41.6 Å². The quantitative estimate of drug-likeness (QED) is 0.830. The van der Waals surface area contributed by atoms with Gasteiger partial charge in [0.05, 0.1) is 7.11 Å². The summed E-state index contributed by atoms with van der Waals surface area (Å²) in [6.07, 6.45) is 4.06. The maximum atomic E-state index is 12.8. The van der Waals surface area contributed by atoms with Crippen LogP contribution in [0.3, 0.4) is 0 Å². The molecule has 1 aliphatic rings. The van der Waals surface area contributed by atoms with Gasteiger partial charge in [-0.2, -0.15) is 0 Å². The van der Waals surface area contributed by atoms with Gasteiger partial charge in [-0.1, -0.05) is 25.1 Å². The van der Waals surface area contributed by atoms with Crippen molar-refractivity contribution in [1.29, 1.82) is 0 Å². The Kier molecular flexibility index (Phi) is 6.64. The first-order valence-electron chi connectivity index (χ1n) is 8.67. The topological polar surface area (TPSA) is 66.8 Å². The van der Waals surface area contributed by atoms with Crippen molar-refractivity contribution in [1.82, 2.24) is 4.90 Å². The number of hydrogen-bond donors (Lipinski definition) is 1. The molecule has 2 atom stereocenters. The van der Waals surface area contributed by atoms with Crippen molar-refractivity contribution < 1.29 is 19.4 Å². The van der Waals surface area contributed by atoms with Crippen LogP contribution in [0.4, 0.5) is 0 Å². The maximum absolute atomic E-state index is 12.8. The number of carboxylic acids is 1. The summed E-state index contributed by atoms with van der Waals surface area (Å²) in [6, 6.07) is 7.84. The maximum Gasteiger partial charge on any atom is 0.303 e. The minimum absolute atomic E-state index is 0.0622. The Balaban J connectivity index is 2.02. The van der Waals surface area contributed by atoms with Crippen molar-refractivity contribution in [3.63, 3.8) is 0 Å². The smallest absolute Gasteiger partial charge is 0.303 e.